The Morgan fingerprint density at radius 1 is 0.517 bits per heavy atom. The van der Waals surface area contributed by atoms with Crippen molar-refractivity contribution in [2.45, 2.75) is 150 Å². The van der Waals surface area contributed by atoms with E-state index in [1.165, 1.54) is 121 Å². The van der Waals surface area contributed by atoms with Crippen LogP contribution in [0.4, 0.5) is 34.1 Å². The zero-order valence-corrected chi connectivity index (χ0v) is 38.9. The molecule has 5 aromatic carbocycles. The van der Waals surface area contributed by atoms with Gasteiger partial charge in [0.2, 0.25) is 0 Å². The van der Waals surface area contributed by atoms with Crippen LogP contribution in [0.3, 0.4) is 0 Å². The van der Waals surface area contributed by atoms with Crippen molar-refractivity contribution in [3.05, 3.63) is 111 Å². The Balaban J connectivity index is 1.33. The number of nitrogens with zero attached hydrogens (tertiary/aromatic N) is 2. The van der Waals surface area contributed by atoms with Crippen LogP contribution >= 0.6 is 0 Å². The van der Waals surface area contributed by atoms with Gasteiger partial charge in [-0.15, -0.1) is 0 Å². The highest BCUT2D eigenvalue weighted by Gasteiger charge is 2.48. The quantitative estimate of drug-likeness (QED) is 0.163. The number of hydrogen-bond acceptors (Lipinski definition) is 4. The number of ether oxygens (including phenoxy) is 2. The van der Waals surface area contributed by atoms with Gasteiger partial charge >= 0.3 is 0 Å². The smallest absolute Gasteiger partial charge is 0.252 e. The third-order valence-corrected chi connectivity index (χ3v) is 15.5. The van der Waals surface area contributed by atoms with Crippen LogP contribution in [0.2, 0.25) is 0 Å². The Hall–Kier alpha value is -4.64. The topological polar surface area (TPSA) is 24.9 Å². The Labute approximate surface area is 360 Å². The van der Waals surface area contributed by atoms with Gasteiger partial charge in [0.15, 0.2) is 11.5 Å². The summed E-state index contributed by atoms with van der Waals surface area (Å²) in [6.45, 7) is 34.6. The Bertz CT molecular complexity index is 2630. The van der Waals surface area contributed by atoms with Crippen LogP contribution in [-0.4, -0.2) is 19.9 Å². The zero-order valence-electron chi connectivity index (χ0n) is 38.9. The summed E-state index contributed by atoms with van der Waals surface area (Å²) < 4.78 is 12.8. The first-order chi connectivity index (χ1) is 28.1. The molecule has 5 heteroatoms. The summed E-state index contributed by atoms with van der Waals surface area (Å²) in [6.07, 6.45) is 4.72. The van der Waals surface area contributed by atoms with Gasteiger partial charge in [-0.3, -0.25) is 0 Å². The Kier molecular flexibility index (Phi) is 8.37. The fourth-order valence-corrected chi connectivity index (χ4v) is 11.7. The highest BCUT2D eigenvalue weighted by atomic mass is 16.6. The van der Waals surface area contributed by atoms with Crippen molar-refractivity contribution in [2.75, 3.05) is 23.0 Å². The minimum atomic E-state index is -0.00229. The molecule has 60 heavy (non-hydrogen) atoms. The van der Waals surface area contributed by atoms with Crippen molar-refractivity contribution in [1.82, 2.24) is 0 Å². The first-order valence-corrected chi connectivity index (χ1v) is 22.7. The third-order valence-electron chi connectivity index (χ3n) is 15.5. The summed E-state index contributed by atoms with van der Waals surface area (Å²) >= 11 is 0. The van der Waals surface area contributed by atoms with E-state index in [0.717, 1.165) is 11.5 Å². The average molecular weight is 797 g/mol. The predicted molar refractivity (Wildman–Crippen MR) is 255 cm³/mol. The number of aryl methyl sites for hydroxylation is 3. The van der Waals surface area contributed by atoms with Gasteiger partial charge in [-0.2, -0.15) is 0 Å². The molecule has 5 aromatic rings. The van der Waals surface area contributed by atoms with Crippen molar-refractivity contribution in [2.24, 2.45) is 0 Å². The largest absolute Gasteiger partial charge is 0.486 e. The molecule has 310 valence electrons. The highest BCUT2D eigenvalue weighted by molar-refractivity contribution is 7.00. The minimum absolute atomic E-state index is 0.00229. The van der Waals surface area contributed by atoms with E-state index in [1.807, 2.05) is 0 Å². The molecule has 3 heterocycles. The monoisotopic (exact) mass is 797 g/mol. The average Bonchev–Trinajstić information content (AvgIpc) is 3.17. The number of hydrogen-bond donors (Lipinski definition) is 0. The lowest BCUT2D eigenvalue weighted by Gasteiger charge is -2.48. The molecule has 0 radical (unpaired) electrons. The first kappa shape index (κ1) is 39.5. The van der Waals surface area contributed by atoms with E-state index in [4.69, 9.17) is 9.47 Å². The number of benzene rings is 5. The fraction of sp³-hybridized carbons (Fsp3) is 0.455. The van der Waals surface area contributed by atoms with Gasteiger partial charge in [0.25, 0.3) is 6.71 Å². The van der Waals surface area contributed by atoms with Crippen LogP contribution in [0.25, 0.3) is 0 Å². The summed E-state index contributed by atoms with van der Waals surface area (Å²) in [6, 6.07) is 27.1. The second-order valence-electron chi connectivity index (χ2n) is 22.8. The van der Waals surface area contributed by atoms with Crippen molar-refractivity contribution < 1.29 is 9.47 Å². The molecule has 10 rings (SSSR count). The standard InChI is InChI=1S/C55H65BN2O2/c1-32-23-45-49-46(24-32)58(50-33(2)25-35(26-34(50)3)51(4,5)6)44-31-48-47(59-21-22-60-48)30-42(44)56(49)41-28-39-40(55(13,14)20-19-54(39,11)12)29-43(41)57(45)36-15-16-37-38(27-36)53(9,10)18-17-52(37,7)8/h15-16,23-31H,17-22H2,1-14H3. The summed E-state index contributed by atoms with van der Waals surface area (Å²) in [7, 11) is 0. The van der Waals surface area contributed by atoms with Gasteiger partial charge in [-0.05, 0) is 171 Å². The molecular formula is C55H65BN2O2. The lowest BCUT2D eigenvalue weighted by molar-refractivity contribution is 0.172. The number of fused-ring (bicyclic) bond motifs is 7. The highest BCUT2D eigenvalue weighted by Crippen LogP contribution is 2.53. The molecule has 0 fully saturated rings. The summed E-state index contributed by atoms with van der Waals surface area (Å²) in [5.74, 6) is 1.67. The van der Waals surface area contributed by atoms with Crippen LogP contribution in [0.1, 0.15) is 146 Å². The molecule has 4 nitrogen and oxygen atoms in total. The van der Waals surface area contributed by atoms with E-state index in [0.29, 0.717) is 13.2 Å². The second kappa shape index (κ2) is 12.7. The summed E-state index contributed by atoms with van der Waals surface area (Å²) in [4.78, 5) is 5.25. The molecule has 2 aliphatic carbocycles. The molecule has 0 saturated heterocycles. The van der Waals surface area contributed by atoms with Crippen molar-refractivity contribution in [3.8, 4) is 11.5 Å². The Morgan fingerprint density at radius 3 is 1.58 bits per heavy atom. The molecule has 0 atom stereocenters. The van der Waals surface area contributed by atoms with Crippen LogP contribution in [0.5, 0.6) is 11.5 Å². The summed E-state index contributed by atoms with van der Waals surface area (Å²) in [5.41, 5.74) is 23.0. The van der Waals surface area contributed by atoms with E-state index >= 15 is 0 Å². The van der Waals surface area contributed by atoms with Crippen LogP contribution in [0.15, 0.2) is 66.7 Å². The number of rotatable bonds is 2. The second-order valence-corrected chi connectivity index (χ2v) is 22.8. The molecule has 0 saturated carbocycles. The summed E-state index contributed by atoms with van der Waals surface area (Å²) in [5, 5.41) is 0. The van der Waals surface area contributed by atoms with E-state index in [-0.39, 0.29) is 33.8 Å². The molecule has 5 aliphatic rings. The van der Waals surface area contributed by atoms with Crippen molar-refractivity contribution in [3.63, 3.8) is 0 Å². The van der Waals surface area contributed by atoms with Gasteiger partial charge in [0.1, 0.15) is 13.2 Å². The maximum absolute atomic E-state index is 6.44. The normalized spacial score (nSPS) is 19.8. The zero-order chi connectivity index (χ0) is 42.6. The van der Waals surface area contributed by atoms with Crippen LogP contribution in [0, 0.1) is 20.8 Å². The lowest BCUT2D eigenvalue weighted by Crippen LogP contribution is -2.62. The molecule has 0 unspecified atom stereocenters. The van der Waals surface area contributed by atoms with E-state index < -0.39 is 0 Å². The molecule has 0 spiro atoms. The van der Waals surface area contributed by atoms with Crippen molar-refractivity contribution in [1.29, 1.82) is 0 Å². The molecule has 0 N–H and O–H groups in total. The maximum Gasteiger partial charge on any atom is 0.252 e. The van der Waals surface area contributed by atoms with E-state index in [1.54, 1.807) is 0 Å². The van der Waals surface area contributed by atoms with Gasteiger partial charge in [-0.1, -0.05) is 100 Å². The molecule has 0 bridgehead atoms. The maximum atomic E-state index is 6.44. The SMILES string of the molecule is Cc1cc2c3c(c1)N(c1c(C)cc(C(C)(C)C)cc1C)c1cc4c(cc1B3c1cc3c(cc1N2c1ccc2c(c1)C(C)(C)CCC2(C)C)C(C)(C)CCC3(C)C)OCCO4. The van der Waals surface area contributed by atoms with Gasteiger partial charge < -0.3 is 19.3 Å². The fourth-order valence-electron chi connectivity index (χ4n) is 11.7. The lowest BCUT2D eigenvalue weighted by atomic mass is 9.33. The molecule has 0 amide bonds. The molecular weight excluding hydrogens is 731 g/mol. The first-order valence-electron chi connectivity index (χ1n) is 22.7. The minimum Gasteiger partial charge on any atom is -0.486 e. The van der Waals surface area contributed by atoms with E-state index in [2.05, 4.69) is 173 Å². The number of anilines is 6. The third kappa shape index (κ3) is 5.76. The Morgan fingerprint density at radius 2 is 1.00 bits per heavy atom. The molecule has 3 aliphatic heterocycles. The van der Waals surface area contributed by atoms with Crippen LogP contribution in [-0.2, 0) is 27.1 Å². The molecule has 0 aromatic heterocycles. The van der Waals surface area contributed by atoms with Gasteiger partial charge in [0.05, 0.1) is 5.69 Å². The van der Waals surface area contributed by atoms with Gasteiger partial charge in [0, 0.05) is 34.5 Å². The predicted octanol–water partition coefficient (Wildman–Crippen LogP) is 12.5. The van der Waals surface area contributed by atoms with E-state index in [9.17, 15) is 0 Å². The van der Waals surface area contributed by atoms with Gasteiger partial charge in [-0.25, -0.2) is 0 Å². The van der Waals surface area contributed by atoms with Crippen molar-refractivity contribution >= 4 is 57.2 Å². The van der Waals surface area contributed by atoms with Crippen LogP contribution < -0.4 is 35.7 Å².